The maximum atomic E-state index is 11.6. The maximum absolute atomic E-state index is 11.6. The molecule has 1 aromatic rings. The average Bonchev–Trinajstić information content (AvgIpc) is 2.51. The molecule has 7 heteroatoms. The Balaban J connectivity index is 2.86. The third-order valence-corrected chi connectivity index (χ3v) is 5.30. The molecule has 0 saturated heterocycles. The molecule has 0 saturated carbocycles. The van der Waals surface area contributed by atoms with Gasteiger partial charge in [-0.2, -0.15) is 12.6 Å². The van der Waals surface area contributed by atoms with E-state index in [9.17, 15) is 8.42 Å². The highest BCUT2D eigenvalue weighted by Crippen LogP contribution is 2.25. The second kappa shape index (κ2) is 4.85. The van der Waals surface area contributed by atoms with E-state index < -0.39 is 10.0 Å². The van der Waals surface area contributed by atoms with Gasteiger partial charge in [0.2, 0.25) is 10.0 Å². The molecule has 0 spiro atoms. The zero-order valence-corrected chi connectivity index (χ0v) is 10.7. The van der Waals surface area contributed by atoms with Gasteiger partial charge >= 0.3 is 0 Å². The molecule has 0 bridgehead atoms. The summed E-state index contributed by atoms with van der Waals surface area (Å²) in [5.74, 6) is 0.457. The summed E-state index contributed by atoms with van der Waals surface area (Å²) in [6.07, 6.45) is 0. The van der Waals surface area contributed by atoms with Gasteiger partial charge in [0.1, 0.15) is 4.21 Å². The zero-order valence-electron chi connectivity index (χ0n) is 7.40. The molecule has 0 amide bonds. The lowest BCUT2D eigenvalue weighted by atomic mass is 10.4. The molecule has 0 aliphatic heterocycles. The maximum Gasteiger partial charge on any atom is 0.250 e. The van der Waals surface area contributed by atoms with Crippen LogP contribution in [-0.4, -0.2) is 20.2 Å². The highest BCUT2D eigenvalue weighted by Gasteiger charge is 2.18. The lowest BCUT2D eigenvalue weighted by Crippen LogP contribution is -2.33. The first-order valence-electron chi connectivity index (χ1n) is 3.84. The van der Waals surface area contributed by atoms with Crippen LogP contribution in [0.3, 0.4) is 0 Å². The van der Waals surface area contributed by atoms with Crippen molar-refractivity contribution in [2.75, 3.05) is 5.75 Å². The second-order valence-corrected chi connectivity index (χ2v) is 6.78. The summed E-state index contributed by atoms with van der Waals surface area (Å²) in [6, 6.07) is 2.86. The summed E-state index contributed by atoms with van der Waals surface area (Å²) in [4.78, 5) is 0. The van der Waals surface area contributed by atoms with Crippen molar-refractivity contribution in [3.05, 3.63) is 16.5 Å². The van der Waals surface area contributed by atoms with Crippen molar-refractivity contribution in [2.45, 2.75) is 17.2 Å². The van der Waals surface area contributed by atoms with Crippen molar-refractivity contribution in [1.82, 2.24) is 4.72 Å². The molecular formula is C7H10ClNO2S3. The number of rotatable bonds is 4. The first-order valence-corrected chi connectivity index (χ1v) is 7.15. The van der Waals surface area contributed by atoms with E-state index in [1.165, 1.54) is 6.07 Å². The Morgan fingerprint density at radius 3 is 2.71 bits per heavy atom. The van der Waals surface area contributed by atoms with Gasteiger partial charge in [0.15, 0.2) is 0 Å². The van der Waals surface area contributed by atoms with Crippen LogP contribution in [0.25, 0.3) is 0 Å². The monoisotopic (exact) mass is 271 g/mol. The van der Waals surface area contributed by atoms with E-state index in [0.29, 0.717) is 10.1 Å². The van der Waals surface area contributed by atoms with E-state index in [1.807, 2.05) is 0 Å². The van der Waals surface area contributed by atoms with Gasteiger partial charge < -0.3 is 0 Å². The minimum atomic E-state index is -3.42. The summed E-state index contributed by atoms with van der Waals surface area (Å²) in [6.45, 7) is 1.75. The summed E-state index contributed by atoms with van der Waals surface area (Å²) in [5.41, 5.74) is 0. The molecule has 3 nitrogen and oxygen atoms in total. The average molecular weight is 272 g/mol. The Bertz CT molecular complexity index is 401. The minimum absolute atomic E-state index is 0.191. The van der Waals surface area contributed by atoms with E-state index in [4.69, 9.17) is 11.6 Å². The summed E-state index contributed by atoms with van der Waals surface area (Å²) < 4.78 is 26.4. The van der Waals surface area contributed by atoms with E-state index in [1.54, 1.807) is 13.0 Å². The van der Waals surface area contributed by atoms with Crippen molar-refractivity contribution >= 4 is 45.6 Å². The van der Waals surface area contributed by atoms with Crippen LogP contribution in [0.4, 0.5) is 0 Å². The predicted octanol–water partition coefficient (Wildman–Crippen LogP) is 2.00. The van der Waals surface area contributed by atoms with Gasteiger partial charge in [0.25, 0.3) is 0 Å². The Morgan fingerprint density at radius 1 is 1.64 bits per heavy atom. The van der Waals surface area contributed by atoms with Gasteiger partial charge in [-0.05, 0) is 19.1 Å². The number of hydrogen-bond donors (Lipinski definition) is 2. The lowest BCUT2D eigenvalue weighted by Gasteiger charge is -2.09. The highest BCUT2D eigenvalue weighted by molar-refractivity contribution is 7.91. The Labute approximate surface area is 97.9 Å². The van der Waals surface area contributed by atoms with Gasteiger partial charge in [-0.3, -0.25) is 0 Å². The smallest absolute Gasteiger partial charge is 0.207 e. The Kier molecular flexibility index (Phi) is 4.27. The third kappa shape index (κ3) is 3.13. The summed E-state index contributed by atoms with van der Waals surface area (Å²) >= 11 is 10.7. The van der Waals surface area contributed by atoms with Crippen LogP contribution in [-0.2, 0) is 10.0 Å². The van der Waals surface area contributed by atoms with Crippen LogP contribution in [0.2, 0.25) is 4.34 Å². The SMILES string of the molecule is CC(CS)NS(=O)(=O)c1ccc(Cl)s1. The molecule has 80 valence electrons. The lowest BCUT2D eigenvalue weighted by molar-refractivity contribution is 0.573. The van der Waals surface area contributed by atoms with E-state index in [2.05, 4.69) is 17.4 Å². The number of sulfonamides is 1. The van der Waals surface area contributed by atoms with Gasteiger partial charge in [0.05, 0.1) is 4.34 Å². The summed E-state index contributed by atoms with van der Waals surface area (Å²) in [5, 5.41) is 0. The molecule has 1 N–H and O–H groups in total. The van der Waals surface area contributed by atoms with Gasteiger partial charge in [-0.25, -0.2) is 13.1 Å². The summed E-state index contributed by atoms with van der Waals surface area (Å²) in [7, 11) is -3.42. The number of thiophene rings is 1. The van der Waals surface area contributed by atoms with Crippen LogP contribution < -0.4 is 4.72 Å². The quantitative estimate of drug-likeness (QED) is 0.823. The Hall–Kier alpha value is 0.250. The second-order valence-electron chi connectivity index (χ2n) is 2.76. The number of nitrogens with one attached hydrogen (secondary N) is 1. The zero-order chi connectivity index (χ0) is 10.8. The molecule has 14 heavy (non-hydrogen) atoms. The van der Waals surface area contributed by atoms with Crippen molar-refractivity contribution in [2.24, 2.45) is 0 Å². The normalized spacial score (nSPS) is 14.2. The number of halogens is 1. The Morgan fingerprint density at radius 2 is 2.29 bits per heavy atom. The fraction of sp³-hybridized carbons (Fsp3) is 0.429. The van der Waals surface area contributed by atoms with Gasteiger partial charge in [-0.15, -0.1) is 11.3 Å². The molecule has 0 aliphatic carbocycles. The van der Waals surface area contributed by atoms with Gasteiger partial charge in [0, 0.05) is 11.8 Å². The van der Waals surface area contributed by atoms with Crippen molar-refractivity contribution in [3.63, 3.8) is 0 Å². The van der Waals surface area contributed by atoms with E-state index in [0.717, 1.165) is 11.3 Å². The van der Waals surface area contributed by atoms with Crippen LogP contribution >= 0.6 is 35.6 Å². The largest absolute Gasteiger partial charge is 0.250 e. The molecule has 0 aliphatic rings. The number of hydrogen-bond acceptors (Lipinski definition) is 4. The third-order valence-electron chi connectivity index (χ3n) is 1.44. The highest BCUT2D eigenvalue weighted by atomic mass is 35.5. The molecule has 0 aromatic carbocycles. The van der Waals surface area contributed by atoms with Crippen molar-refractivity contribution in [3.8, 4) is 0 Å². The van der Waals surface area contributed by atoms with Crippen LogP contribution in [0.15, 0.2) is 16.3 Å². The molecular weight excluding hydrogens is 262 g/mol. The molecule has 1 heterocycles. The van der Waals surface area contributed by atoms with E-state index >= 15 is 0 Å². The van der Waals surface area contributed by atoms with Crippen molar-refractivity contribution in [1.29, 1.82) is 0 Å². The first kappa shape index (κ1) is 12.3. The van der Waals surface area contributed by atoms with Crippen molar-refractivity contribution < 1.29 is 8.42 Å². The van der Waals surface area contributed by atoms with Crippen LogP contribution in [0.1, 0.15) is 6.92 Å². The molecule has 1 aromatic heterocycles. The van der Waals surface area contributed by atoms with Gasteiger partial charge in [-0.1, -0.05) is 11.6 Å². The topological polar surface area (TPSA) is 46.2 Å². The molecule has 1 rings (SSSR count). The fourth-order valence-corrected chi connectivity index (χ4v) is 3.76. The first-order chi connectivity index (χ1) is 6.45. The van der Waals surface area contributed by atoms with Crippen LogP contribution in [0.5, 0.6) is 0 Å². The number of thiol groups is 1. The molecule has 0 fully saturated rings. The van der Waals surface area contributed by atoms with E-state index in [-0.39, 0.29) is 10.3 Å². The standard InChI is InChI=1S/C7H10ClNO2S3/c1-5(4-12)9-14(10,11)7-3-2-6(8)13-7/h2-3,5,9,12H,4H2,1H3. The molecule has 1 unspecified atom stereocenters. The molecule has 1 atom stereocenters. The predicted molar refractivity (Wildman–Crippen MR) is 63.0 cm³/mol. The van der Waals surface area contributed by atoms with Crippen LogP contribution in [0, 0.1) is 0 Å². The fourth-order valence-electron chi connectivity index (χ4n) is 0.802. The minimum Gasteiger partial charge on any atom is -0.207 e. The molecule has 0 radical (unpaired) electrons.